The molecule has 1 heterocycles. The molecule has 0 aliphatic heterocycles. The highest BCUT2D eigenvalue weighted by Crippen LogP contribution is 2.18. The molecule has 0 saturated heterocycles. The Morgan fingerprint density at radius 3 is 2.57 bits per heavy atom. The first-order chi connectivity index (χ1) is 14.6. The summed E-state index contributed by atoms with van der Waals surface area (Å²) < 4.78 is 7.35. The van der Waals surface area contributed by atoms with Crippen molar-refractivity contribution >= 4 is 22.8 Å². The van der Waals surface area contributed by atoms with E-state index in [-0.39, 0.29) is 6.61 Å². The highest BCUT2D eigenvalue weighted by Gasteiger charge is 2.09. The fraction of sp³-hybridized carbons (Fsp3) is 0.0870. The first-order valence-corrected chi connectivity index (χ1v) is 9.41. The molecule has 150 valence electrons. The zero-order chi connectivity index (χ0) is 20.9. The van der Waals surface area contributed by atoms with E-state index in [1.807, 2.05) is 66.1 Å². The van der Waals surface area contributed by atoms with Crippen molar-refractivity contribution < 1.29 is 14.3 Å². The molecule has 0 atom stereocenters. The van der Waals surface area contributed by atoms with Crippen molar-refractivity contribution in [2.24, 2.45) is 0 Å². The second-order valence-electron chi connectivity index (χ2n) is 6.76. The molecule has 2 N–H and O–H groups in total. The summed E-state index contributed by atoms with van der Waals surface area (Å²) in [6.07, 6.45) is 1.74. The number of benzene rings is 3. The highest BCUT2D eigenvalue weighted by atomic mass is 16.5. The summed E-state index contributed by atoms with van der Waals surface area (Å²) in [7, 11) is 0. The van der Waals surface area contributed by atoms with Crippen molar-refractivity contribution in [1.82, 2.24) is 20.4 Å². The number of para-hydroxylation sites is 2. The van der Waals surface area contributed by atoms with Crippen LogP contribution in [0.3, 0.4) is 0 Å². The fourth-order valence-corrected chi connectivity index (χ4v) is 3.03. The Hall–Kier alpha value is -4.13. The van der Waals surface area contributed by atoms with Gasteiger partial charge >= 0.3 is 0 Å². The fourth-order valence-electron chi connectivity index (χ4n) is 3.03. The predicted octanol–water partition coefficient (Wildman–Crippen LogP) is 3.17. The number of amides is 2. The number of carbonyl (C=O) groups is 2. The van der Waals surface area contributed by atoms with Crippen molar-refractivity contribution in [3.05, 3.63) is 90.3 Å². The van der Waals surface area contributed by atoms with Crippen molar-refractivity contribution in [2.75, 3.05) is 6.61 Å². The molecule has 7 nitrogen and oxygen atoms in total. The molecular formula is C23H20N4O3. The maximum absolute atomic E-state index is 12.3. The van der Waals surface area contributed by atoms with Gasteiger partial charge in [0.2, 0.25) is 0 Å². The van der Waals surface area contributed by atoms with Crippen LogP contribution in [0.2, 0.25) is 0 Å². The van der Waals surface area contributed by atoms with Crippen LogP contribution in [0.4, 0.5) is 0 Å². The minimum Gasteiger partial charge on any atom is -0.484 e. The van der Waals surface area contributed by atoms with Gasteiger partial charge in [-0.05, 0) is 61.0 Å². The third-order valence-corrected chi connectivity index (χ3v) is 4.54. The molecule has 3 aromatic carbocycles. The lowest BCUT2D eigenvalue weighted by Crippen LogP contribution is -2.43. The van der Waals surface area contributed by atoms with E-state index in [4.69, 9.17) is 4.74 Å². The Balaban J connectivity index is 1.33. The van der Waals surface area contributed by atoms with Crippen LogP contribution in [0.5, 0.6) is 5.75 Å². The van der Waals surface area contributed by atoms with E-state index >= 15 is 0 Å². The number of fused-ring (bicyclic) bond motifs is 1. The molecule has 30 heavy (non-hydrogen) atoms. The van der Waals surface area contributed by atoms with Gasteiger partial charge in [0.1, 0.15) is 12.1 Å². The Morgan fingerprint density at radius 1 is 0.967 bits per heavy atom. The van der Waals surface area contributed by atoms with Crippen LogP contribution in [0, 0.1) is 6.92 Å². The summed E-state index contributed by atoms with van der Waals surface area (Å²) in [6, 6.07) is 22.2. The van der Waals surface area contributed by atoms with E-state index in [0.717, 1.165) is 22.3 Å². The number of aryl methyl sites for hydroxylation is 1. The number of ether oxygens (including phenoxy) is 1. The van der Waals surface area contributed by atoms with E-state index in [0.29, 0.717) is 11.3 Å². The molecule has 4 aromatic rings. The molecule has 0 aliphatic carbocycles. The molecule has 1 aromatic heterocycles. The largest absolute Gasteiger partial charge is 0.484 e. The van der Waals surface area contributed by atoms with Crippen LogP contribution in [0.25, 0.3) is 16.7 Å². The molecule has 4 rings (SSSR count). The van der Waals surface area contributed by atoms with Crippen LogP contribution in [-0.4, -0.2) is 28.0 Å². The molecule has 0 saturated carbocycles. The number of nitrogens with zero attached hydrogens (tertiary/aromatic N) is 2. The van der Waals surface area contributed by atoms with E-state index < -0.39 is 11.8 Å². The average molecular weight is 400 g/mol. The molecule has 0 spiro atoms. The van der Waals surface area contributed by atoms with Gasteiger partial charge in [-0.25, -0.2) is 4.98 Å². The lowest BCUT2D eigenvalue weighted by molar-refractivity contribution is -0.123. The van der Waals surface area contributed by atoms with Crippen molar-refractivity contribution in [3.8, 4) is 11.4 Å². The van der Waals surface area contributed by atoms with Gasteiger partial charge in [-0.3, -0.25) is 25.0 Å². The molecule has 0 fully saturated rings. The monoisotopic (exact) mass is 400 g/mol. The topological polar surface area (TPSA) is 85.3 Å². The van der Waals surface area contributed by atoms with Gasteiger partial charge < -0.3 is 4.74 Å². The summed E-state index contributed by atoms with van der Waals surface area (Å²) >= 11 is 0. The summed E-state index contributed by atoms with van der Waals surface area (Å²) in [4.78, 5) is 28.6. The molecule has 0 bridgehead atoms. The van der Waals surface area contributed by atoms with Crippen LogP contribution < -0.4 is 15.6 Å². The molecule has 2 amide bonds. The second kappa shape index (κ2) is 8.48. The molecular weight excluding hydrogens is 380 g/mol. The van der Waals surface area contributed by atoms with Gasteiger partial charge in [0, 0.05) is 11.3 Å². The smallest absolute Gasteiger partial charge is 0.276 e. The predicted molar refractivity (Wildman–Crippen MR) is 113 cm³/mol. The molecule has 0 unspecified atom stereocenters. The first kappa shape index (κ1) is 19.2. The van der Waals surface area contributed by atoms with Gasteiger partial charge in [0.15, 0.2) is 6.61 Å². The van der Waals surface area contributed by atoms with Gasteiger partial charge in [0.05, 0.1) is 11.0 Å². The van der Waals surface area contributed by atoms with E-state index in [9.17, 15) is 9.59 Å². The van der Waals surface area contributed by atoms with Crippen LogP contribution in [-0.2, 0) is 4.79 Å². The summed E-state index contributed by atoms with van der Waals surface area (Å²) in [6.45, 7) is 1.74. The quantitative estimate of drug-likeness (QED) is 0.504. The van der Waals surface area contributed by atoms with Gasteiger partial charge in [-0.15, -0.1) is 0 Å². The third-order valence-electron chi connectivity index (χ3n) is 4.54. The Bertz CT molecular complexity index is 1200. The zero-order valence-corrected chi connectivity index (χ0v) is 16.3. The molecule has 0 radical (unpaired) electrons. The lowest BCUT2D eigenvalue weighted by atomic mass is 10.2. The Labute approximate surface area is 173 Å². The number of hydrogen-bond acceptors (Lipinski definition) is 4. The third kappa shape index (κ3) is 4.30. The van der Waals surface area contributed by atoms with Gasteiger partial charge in [0.25, 0.3) is 11.8 Å². The SMILES string of the molecule is Cc1cccc(OCC(=O)NNC(=O)c2ccc(-n3cnc4ccccc43)cc2)c1. The number of nitrogens with one attached hydrogen (secondary N) is 2. The van der Waals surface area contributed by atoms with Gasteiger partial charge in [-0.1, -0.05) is 24.3 Å². The van der Waals surface area contributed by atoms with Crippen LogP contribution in [0.1, 0.15) is 15.9 Å². The Kier molecular flexibility index (Phi) is 5.43. The molecule has 0 aliphatic rings. The maximum atomic E-state index is 12.3. The first-order valence-electron chi connectivity index (χ1n) is 9.41. The molecule has 7 heteroatoms. The number of hydrogen-bond donors (Lipinski definition) is 2. The average Bonchev–Trinajstić information content (AvgIpc) is 3.20. The lowest BCUT2D eigenvalue weighted by Gasteiger charge is -2.10. The number of carbonyl (C=O) groups excluding carboxylic acids is 2. The Morgan fingerprint density at radius 2 is 1.77 bits per heavy atom. The van der Waals surface area contributed by atoms with E-state index in [2.05, 4.69) is 15.8 Å². The van der Waals surface area contributed by atoms with Crippen molar-refractivity contribution in [3.63, 3.8) is 0 Å². The van der Waals surface area contributed by atoms with Gasteiger partial charge in [-0.2, -0.15) is 0 Å². The minimum absolute atomic E-state index is 0.198. The number of hydrazine groups is 1. The second-order valence-corrected chi connectivity index (χ2v) is 6.76. The van der Waals surface area contributed by atoms with Crippen molar-refractivity contribution in [1.29, 1.82) is 0 Å². The number of rotatable bonds is 5. The summed E-state index contributed by atoms with van der Waals surface area (Å²) in [5, 5.41) is 0. The highest BCUT2D eigenvalue weighted by molar-refractivity contribution is 5.95. The van der Waals surface area contributed by atoms with Crippen LogP contribution in [0.15, 0.2) is 79.1 Å². The van der Waals surface area contributed by atoms with Crippen molar-refractivity contribution in [2.45, 2.75) is 6.92 Å². The zero-order valence-electron chi connectivity index (χ0n) is 16.3. The van der Waals surface area contributed by atoms with Crippen LogP contribution >= 0.6 is 0 Å². The summed E-state index contributed by atoms with van der Waals surface area (Å²) in [5.74, 6) is -0.272. The maximum Gasteiger partial charge on any atom is 0.276 e. The normalized spacial score (nSPS) is 10.6. The minimum atomic E-state index is -0.452. The number of aromatic nitrogens is 2. The number of imidazole rings is 1. The summed E-state index contributed by atoms with van der Waals surface area (Å²) in [5.41, 5.74) is 8.97. The standard InChI is InChI=1S/C23H20N4O3/c1-16-5-4-6-19(13-16)30-14-22(28)25-26-23(29)17-9-11-18(12-10-17)27-15-24-20-7-2-3-8-21(20)27/h2-13,15H,14H2,1H3,(H,25,28)(H,26,29). The van der Waals surface area contributed by atoms with E-state index in [1.54, 1.807) is 24.5 Å². The van der Waals surface area contributed by atoms with E-state index in [1.165, 1.54) is 0 Å².